The van der Waals surface area contributed by atoms with Crippen LogP contribution >= 0.6 is 11.5 Å². The zero-order valence-electron chi connectivity index (χ0n) is 12.6. The van der Waals surface area contributed by atoms with E-state index in [2.05, 4.69) is 33.2 Å². The summed E-state index contributed by atoms with van der Waals surface area (Å²) in [6, 6.07) is 0. The highest BCUT2D eigenvalue weighted by Gasteiger charge is 2.23. The van der Waals surface area contributed by atoms with Crippen molar-refractivity contribution in [2.45, 2.75) is 6.92 Å². The van der Waals surface area contributed by atoms with Crippen LogP contribution in [0.5, 0.6) is 5.75 Å². The molecule has 0 aliphatic carbocycles. The normalized spacial score (nSPS) is 16.9. The maximum Gasteiger partial charge on any atom is 0.197 e. The minimum Gasteiger partial charge on any atom is -0.487 e. The van der Waals surface area contributed by atoms with E-state index >= 15 is 0 Å². The molecule has 0 amide bonds. The zero-order chi connectivity index (χ0) is 14.5. The van der Waals surface area contributed by atoms with Crippen molar-refractivity contribution < 1.29 is 4.74 Å². The minimum atomic E-state index is 0.516. The summed E-state index contributed by atoms with van der Waals surface area (Å²) in [4.78, 5) is 7.07. The third kappa shape index (κ3) is 3.74. The van der Waals surface area contributed by atoms with Gasteiger partial charge in [0.2, 0.25) is 0 Å². The second kappa shape index (κ2) is 7.10. The van der Waals surface area contributed by atoms with Crippen LogP contribution in [0.4, 0.5) is 10.8 Å². The molecule has 1 aliphatic heterocycles. The highest BCUT2D eigenvalue weighted by Crippen LogP contribution is 2.38. The minimum absolute atomic E-state index is 0.516. The van der Waals surface area contributed by atoms with Crippen molar-refractivity contribution in [2.24, 2.45) is 0 Å². The van der Waals surface area contributed by atoms with Gasteiger partial charge in [-0.2, -0.15) is 4.37 Å². The molecule has 2 heterocycles. The van der Waals surface area contributed by atoms with E-state index in [1.165, 1.54) is 11.5 Å². The number of nitrogens with zero attached hydrogens (tertiary/aromatic N) is 4. The number of ether oxygens (including phenoxy) is 1. The van der Waals surface area contributed by atoms with Crippen LogP contribution in [0.3, 0.4) is 0 Å². The molecule has 1 aromatic rings. The van der Waals surface area contributed by atoms with Crippen molar-refractivity contribution in [1.29, 1.82) is 0 Å². The average molecular weight is 299 g/mol. The Hall–Kier alpha value is -1.05. The molecule has 0 unspecified atom stereocenters. The van der Waals surface area contributed by atoms with Crippen LogP contribution in [0.1, 0.15) is 6.92 Å². The van der Waals surface area contributed by atoms with E-state index in [1.807, 2.05) is 6.92 Å². The molecule has 6 nitrogen and oxygen atoms in total. The molecule has 0 radical (unpaired) electrons. The molecular formula is C13H25N5OS. The lowest BCUT2D eigenvalue weighted by atomic mass is 10.3. The highest BCUT2D eigenvalue weighted by atomic mass is 32.1. The van der Waals surface area contributed by atoms with E-state index in [4.69, 9.17) is 10.5 Å². The molecule has 0 spiro atoms. The van der Waals surface area contributed by atoms with Gasteiger partial charge in [-0.05, 0) is 32.6 Å². The Morgan fingerprint density at radius 2 is 2.00 bits per heavy atom. The SMILES string of the molecule is CCOc1c(N)nsc1N1CCN(CCN(C)C)CC1. The van der Waals surface area contributed by atoms with E-state index < -0.39 is 0 Å². The van der Waals surface area contributed by atoms with Crippen molar-refractivity contribution in [3.8, 4) is 5.75 Å². The third-order valence-corrected chi connectivity index (χ3v) is 4.37. The first-order valence-corrected chi connectivity index (χ1v) is 7.89. The lowest BCUT2D eigenvalue weighted by molar-refractivity contribution is 0.229. The number of aromatic nitrogens is 1. The largest absolute Gasteiger partial charge is 0.487 e. The first-order valence-electron chi connectivity index (χ1n) is 7.11. The number of hydrogen-bond acceptors (Lipinski definition) is 7. The van der Waals surface area contributed by atoms with Crippen molar-refractivity contribution in [3.63, 3.8) is 0 Å². The van der Waals surface area contributed by atoms with Crippen LogP contribution in [0.2, 0.25) is 0 Å². The smallest absolute Gasteiger partial charge is 0.197 e. The molecule has 1 aromatic heterocycles. The number of nitrogen functional groups attached to an aromatic ring is 1. The van der Waals surface area contributed by atoms with Crippen molar-refractivity contribution in [3.05, 3.63) is 0 Å². The van der Waals surface area contributed by atoms with Crippen molar-refractivity contribution in [1.82, 2.24) is 14.2 Å². The summed E-state index contributed by atoms with van der Waals surface area (Å²) in [5.41, 5.74) is 5.87. The van der Waals surface area contributed by atoms with Gasteiger partial charge in [-0.1, -0.05) is 0 Å². The van der Waals surface area contributed by atoms with Gasteiger partial charge in [-0.3, -0.25) is 4.90 Å². The van der Waals surface area contributed by atoms with Gasteiger partial charge in [0.05, 0.1) is 6.61 Å². The number of anilines is 2. The average Bonchev–Trinajstić information content (AvgIpc) is 2.79. The number of hydrogen-bond donors (Lipinski definition) is 1. The number of piperazine rings is 1. The molecule has 114 valence electrons. The van der Waals surface area contributed by atoms with E-state index in [0.29, 0.717) is 12.4 Å². The maximum atomic E-state index is 5.87. The van der Waals surface area contributed by atoms with Crippen LogP contribution in [0, 0.1) is 0 Å². The quantitative estimate of drug-likeness (QED) is 0.839. The third-order valence-electron chi connectivity index (χ3n) is 3.47. The second-order valence-electron chi connectivity index (χ2n) is 5.27. The summed E-state index contributed by atoms with van der Waals surface area (Å²) >= 11 is 1.44. The first kappa shape index (κ1) is 15.3. The van der Waals surface area contributed by atoms with Crippen LogP contribution in [-0.4, -0.2) is 74.1 Å². The molecule has 7 heteroatoms. The Morgan fingerprint density at radius 3 is 2.60 bits per heavy atom. The Morgan fingerprint density at radius 1 is 1.30 bits per heavy atom. The lowest BCUT2D eigenvalue weighted by Gasteiger charge is -2.35. The number of likely N-dealkylation sites (N-methyl/N-ethyl adjacent to an activating group) is 1. The van der Waals surface area contributed by atoms with Gasteiger partial charge < -0.3 is 20.3 Å². The predicted octanol–water partition coefficient (Wildman–Crippen LogP) is 0.808. The van der Waals surface area contributed by atoms with Gasteiger partial charge in [0.25, 0.3) is 0 Å². The molecule has 0 aromatic carbocycles. The Balaban J connectivity index is 1.90. The fourth-order valence-corrected chi connectivity index (χ4v) is 3.09. The molecule has 1 aliphatic rings. The number of nitrogens with two attached hydrogens (primary N) is 1. The van der Waals surface area contributed by atoms with E-state index in [0.717, 1.165) is 50.0 Å². The maximum absolute atomic E-state index is 5.87. The van der Waals surface area contributed by atoms with Gasteiger partial charge >= 0.3 is 0 Å². The second-order valence-corrected chi connectivity index (χ2v) is 6.02. The van der Waals surface area contributed by atoms with E-state index in [9.17, 15) is 0 Å². The highest BCUT2D eigenvalue weighted by molar-refractivity contribution is 7.11. The van der Waals surface area contributed by atoms with Crippen LogP contribution in [0.15, 0.2) is 0 Å². The zero-order valence-corrected chi connectivity index (χ0v) is 13.4. The molecule has 1 fully saturated rings. The fraction of sp³-hybridized carbons (Fsp3) is 0.769. The summed E-state index contributed by atoms with van der Waals surface area (Å²) in [7, 11) is 4.23. The molecule has 1 saturated heterocycles. The van der Waals surface area contributed by atoms with Gasteiger partial charge in [0, 0.05) is 39.3 Å². The van der Waals surface area contributed by atoms with E-state index in [-0.39, 0.29) is 0 Å². The van der Waals surface area contributed by atoms with Gasteiger partial charge in [-0.15, -0.1) is 0 Å². The fourth-order valence-electron chi connectivity index (χ4n) is 2.28. The number of rotatable bonds is 6. The Labute approximate surface area is 125 Å². The Kier molecular flexibility index (Phi) is 5.45. The van der Waals surface area contributed by atoms with Gasteiger partial charge in [0.15, 0.2) is 16.6 Å². The monoisotopic (exact) mass is 299 g/mol. The van der Waals surface area contributed by atoms with E-state index in [1.54, 1.807) is 0 Å². The molecule has 0 bridgehead atoms. The molecule has 0 saturated carbocycles. The summed E-state index contributed by atoms with van der Waals surface area (Å²) in [6.45, 7) is 9.01. The Bertz CT molecular complexity index is 415. The summed E-state index contributed by atoms with van der Waals surface area (Å²) in [5.74, 6) is 1.28. The van der Waals surface area contributed by atoms with Gasteiger partial charge in [0.1, 0.15) is 0 Å². The predicted molar refractivity (Wildman–Crippen MR) is 84.9 cm³/mol. The standard InChI is InChI=1S/C13H25N5OS/c1-4-19-11-12(14)15-20-13(11)18-9-7-17(8-10-18)6-5-16(2)3/h4-10H2,1-3H3,(H2,14,15). The summed E-state index contributed by atoms with van der Waals surface area (Å²) in [5, 5.41) is 1.08. The molecule has 0 atom stereocenters. The van der Waals surface area contributed by atoms with Crippen molar-refractivity contribution >= 4 is 22.4 Å². The lowest BCUT2D eigenvalue weighted by Crippen LogP contribution is -2.48. The topological polar surface area (TPSA) is 57.9 Å². The molecule has 2 rings (SSSR count). The van der Waals surface area contributed by atoms with Gasteiger partial charge in [-0.25, -0.2) is 0 Å². The van der Waals surface area contributed by atoms with Crippen LogP contribution < -0.4 is 15.4 Å². The first-order chi connectivity index (χ1) is 9.61. The van der Waals surface area contributed by atoms with Crippen LogP contribution in [0.25, 0.3) is 0 Å². The van der Waals surface area contributed by atoms with Crippen molar-refractivity contribution in [2.75, 3.05) is 70.6 Å². The summed E-state index contributed by atoms with van der Waals surface area (Å²) < 4.78 is 9.85. The summed E-state index contributed by atoms with van der Waals surface area (Å²) in [6.07, 6.45) is 0. The molecule has 20 heavy (non-hydrogen) atoms. The molecule has 2 N–H and O–H groups in total. The van der Waals surface area contributed by atoms with Crippen LogP contribution in [-0.2, 0) is 0 Å². The molecular weight excluding hydrogens is 274 g/mol.